The van der Waals surface area contributed by atoms with Gasteiger partial charge in [-0.25, -0.2) is 0 Å². The summed E-state index contributed by atoms with van der Waals surface area (Å²) < 4.78 is 0. The number of hydrogen-bond donors (Lipinski definition) is 1. The van der Waals surface area contributed by atoms with Crippen LogP contribution in [0.4, 0.5) is 0 Å². The van der Waals surface area contributed by atoms with Crippen LogP contribution in [0.3, 0.4) is 0 Å². The molecule has 0 aliphatic heterocycles. The van der Waals surface area contributed by atoms with E-state index in [1.807, 2.05) is 12.1 Å². The van der Waals surface area contributed by atoms with E-state index in [9.17, 15) is 4.79 Å². The van der Waals surface area contributed by atoms with E-state index in [1.54, 1.807) is 0 Å². The van der Waals surface area contributed by atoms with Gasteiger partial charge >= 0.3 is 0 Å². The summed E-state index contributed by atoms with van der Waals surface area (Å²) in [4.78, 5) is 12.0. The molecular formula is C16H23NO. The minimum Gasteiger partial charge on any atom is -0.307 e. The van der Waals surface area contributed by atoms with Crippen LogP contribution < -0.4 is 5.32 Å². The highest BCUT2D eigenvalue weighted by Gasteiger charge is 2.19. The van der Waals surface area contributed by atoms with Crippen LogP contribution in [0.2, 0.25) is 0 Å². The van der Waals surface area contributed by atoms with Gasteiger partial charge in [-0.3, -0.25) is 4.79 Å². The molecule has 1 N–H and O–H groups in total. The van der Waals surface area contributed by atoms with E-state index >= 15 is 0 Å². The van der Waals surface area contributed by atoms with Gasteiger partial charge < -0.3 is 5.32 Å². The molecule has 1 saturated carbocycles. The maximum Gasteiger partial charge on any atom is 0.176 e. The molecule has 1 fully saturated rings. The van der Waals surface area contributed by atoms with Crippen molar-refractivity contribution in [2.45, 2.75) is 51.5 Å². The molecule has 1 aliphatic carbocycles. The van der Waals surface area contributed by atoms with Crippen molar-refractivity contribution in [3.8, 4) is 0 Å². The number of benzene rings is 1. The molecule has 0 radical (unpaired) electrons. The molecule has 0 bridgehead atoms. The first kappa shape index (κ1) is 13.3. The molecule has 2 rings (SSSR count). The number of carbonyl (C=O) groups is 1. The zero-order chi connectivity index (χ0) is 13.0. The molecule has 2 nitrogen and oxygen atoms in total. The van der Waals surface area contributed by atoms with E-state index < -0.39 is 0 Å². The van der Waals surface area contributed by atoms with E-state index in [0.29, 0.717) is 12.6 Å². The fourth-order valence-electron chi connectivity index (χ4n) is 2.20. The summed E-state index contributed by atoms with van der Waals surface area (Å²) in [7, 11) is 0. The normalized spacial score (nSPS) is 17.2. The Labute approximate surface area is 110 Å². The predicted molar refractivity (Wildman–Crippen MR) is 75.1 cm³/mol. The van der Waals surface area contributed by atoms with Gasteiger partial charge in [-0.2, -0.15) is 0 Å². The molecule has 1 aliphatic rings. The lowest BCUT2D eigenvalue weighted by molar-refractivity contribution is 0.0987. The van der Waals surface area contributed by atoms with Crippen LogP contribution in [0.25, 0.3) is 0 Å². The van der Waals surface area contributed by atoms with Crippen LogP contribution in [0.5, 0.6) is 0 Å². The second-order valence-corrected chi connectivity index (χ2v) is 5.36. The van der Waals surface area contributed by atoms with Crippen molar-refractivity contribution in [3.63, 3.8) is 0 Å². The van der Waals surface area contributed by atoms with Gasteiger partial charge in [0, 0.05) is 11.6 Å². The largest absolute Gasteiger partial charge is 0.307 e. The smallest absolute Gasteiger partial charge is 0.176 e. The topological polar surface area (TPSA) is 29.1 Å². The molecule has 98 valence electrons. The average molecular weight is 245 g/mol. The summed E-state index contributed by atoms with van der Waals surface area (Å²) >= 11 is 0. The van der Waals surface area contributed by atoms with Crippen LogP contribution in [0, 0.1) is 0 Å². The van der Waals surface area contributed by atoms with Gasteiger partial charge in [0.2, 0.25) is 0 Å². The first-order valence-electron chi connectivity index (χ1n) is 7.07. The standard InChI is InChI=1S/C16H23NO/c1-3-12(2)17-11-16(18)15-9-7-14(8-10-15)13-5-4-6-13/h7-10,12-13,17H,3-6,11H2,1-2H3. The van der Waals surface area contributed by atoms with Crippen molar-refractivity contribution in [1.82, 2.24) is 5.32 Å². The SMILES string of the molecule is CCC(C)NCC(=O)c1ccc(C2CCC2)cc1. The van der Waals surface area contributed by atoms with Gasteiger partial charge in [-0.1, -0.05) is 37.6 Å². The van der Waals surface area contributed by atoms with Gasteiger partial charge in [-0.05, 0) is 37.7 Å². The summed E-state index contributed by atoms with van der Waals surface area (Å²) in [6.45, 7) is 4.67. The Balaban J connectivity index is 1.90. The summed E-state index contributed by atoms with van der Waals surface area (Å²) in [6.07, 6.45) is 5.02. The average Bonchev–Trinajstić information content (AvgIpc) is 2.34. The number of Topliss-reactive ketones (excluding diaryl/α,β-unsaturated/α-hetero) is 1. The van der Waals surface area contributed by atoms with Crippen molar-refractivity contribution in [3.05, 3.63) is 35.4 Å². The molecule has 1 aromatic carbocycles. The lowest BCUT2D eigenvalue weighted by Gasteiger charge is -2.25. The molecule has 2 heteroatoms. The first-order chi connectivity index (χ1) is 8.70. The second kappa shape index (κ2) is 6.14. The van der Waals surface area contributed by atoms with E-state index in [1.165, 1.54) is 24.8 Å². The maximum absolute atomic E-state index is 12.0. The van der Waals surface area contributed by atoms with E-state index in [-0.39, 0.29) is 5.78 Å². The number of hydrogen-bond acceptors (Lipinski definition) is 2. The van der Waals surface area contributed by atoms with Crippen LogP contribution >= 0.6 is 0 Å². The summed E-state index contributed by atoms with van der Waals surface area (Å²) in [5.74, 6) is 0.933. The number of rotatable bonds is 6. The number of nitrogens with one attached hydrogen (secondary N) is 1. The molecule has 1 aromatic rings. The van der Waals surface area contributed by atoms with Crippen molar-refractivity contribution in [1.29, 1.82) is 0 Å². The lowest BCUT2D eigenvalue weighted by Crippen LogP contribution is -2.30. The molecule has 0 spiro atoms. The van der Waals surface area contributed by atoms with Gasteiger partial charge in [0.05, 0.1) is 6.54 Å². The van der Waals surface area contributed by atoms with Crippen molar-refractivity contribution >= 4 is 5.78 Å². The maximum atomic E-state index is 12.0. The van der Waals surface area contributed by atoms with Crippen molar-refractivity contribution in [2.24, 2.45) is 0 Å². The highest BCUT2D eigenvalue weighted by molar-refractivity contribution is 5.97. The Morgan fingerprint density at radius 1 is 1.33 bits per heavy atom. The van der Waals surface area contributed by atoms with Crippen molar-refractivity contribution < 1.29 is 4.79 Å². The Morgan fingerprint density at radius 2 is 2.00 bits per heavy atom. The molecular weight excluding hydrogens is 222 g/mol. The van der Waals surface area contributed by atoms with Gasteiger partial charge in [-0.15, -0.1) is 0 Å². The minimum absolute atomic E-state index is 0.190. The van der Waals surface area contributed by atoms with Crippen molar-refractivity contribution in [2.75, 3.05) is 6.54 Å². The Bertz CT molecular complexity index is 392. The molecule has 1 atom stereocenters. The Kier molecular flexibility index (Phi) is 4.54. The Hall–Kier alpha value is -1.15. The highest BCUT2D eigenvalue weighted by atomic mass is 16.1. The molecule has 0 heterocycles. The zero-order valence-corrected chi connectivity index (χ0v) is 11.4. The quantitative estimate of drug-likeness (QED) is 0.777. The summed E-state index contributed by atoms with van der Waals surface area (Å²) in [5.41, 5.74) is 2.22. The zero-order valence-electron chi connectivity index (χ0n) is 11.4. The summed E-state index contributed by atoms with van der Waals surface area (Å²) in [6, 6.07) is 8.62. The third kappa shape index (κ3) is 3.20. The van der Waals surface area contributed by atoms with Gasteiger partial charge in [0.1, 0.15) is 0 Å². The fraction of sp³-hybridized carbons (Fsp3) is 0.562. The van der Waals surface area contributed by atoms with Crippen LogP contribution in [0.1, 0.15) is 61.4 Å². The third-order valence-electron chi connectivity index (χ3n) is 4.03. The van der Waals surface area contributed by atoms with Gasteiger partial charge in [0.15, 0.2) is 5.78 Å². The minimum atomic E-state index is 0.190. The molecule has 18 heavy (non-hydrogen) atoms. The van der Waals surface area contributed by atoms with Crippen LogP contribution in [-0.2, 0) is 0 Å². The third-order valence-corrected chi connectivity index (χ3v) is 4.03. The molecule has 0 amide bonds. The van der Waals surface area contributed by atoms with E-state index in [2.05, 4.69) is 31.3 Å². The monoisotopic (exact) mass is 245 g/mol. The fourth-order valence-corrected chi connectivity index (χ4v) is 2.20. The van der Waals surface area contributed by atoms with E-state index in [4.69, 9.17) is 0 Å². The second-order valence-electron chi connectivity index (χ2n) is 5.36. The van der Waals surface area contributed by atoms with Crippen LogP contribution in [-0.4, -0.2) is 18.4 Å². The lowest BCUT2D eigenvalue weighted by atomic mass is 9.80. The highest BCUT2D eigenvalue weighted by Crippen LogP contribution is 2.36. The summed E-state index contributed by atoms with van der Waals surface area (Å²) in [5, 5.41) is 3.24. The first-order valence-corrected chi connectivity index (χ1v) is 7.07. The van der Waals surface area contributed by atoms with E-state index in [0.717, 1.165) is 17.9 Å². The Morgan fingerprint density at radius 3 is 2.50 bits per heavy atom. The number of ketones is 1. The van der Waals surface area contributed by atoms with Crippen LogP contribution in [0.15, 0.2) is 24.3 Å². The molecule has 0 aromatic heterocycles. The predicted octanol–water partition coefficient (Wildman–Crippen LogP) is 3.52. The van der Waals surface area contributed by atoms with Gasteiger partial charge in [0.25, 0.3) is 0 Å². The molecule has 1 unspecified atom stereocenters. The molecule has 0 saturated heterocycles. The number of carbonyl (C=O) groups excluding carboxylic acids is 1.